The van der Waals surface area contributed by atoms with E-state index in [1.54, 1.807) is 6.07 Å². The molecule has 3 rings (SSSR count). The number of piperazine rings is 1. The van der Waals surface area contributed by atoms with Crippen LogP contribution in [-0.2, 0) is 21.2 Å². The lowest BCUT2D eigenvalue weighted by molar-refractivity contribution is -0.122. The Morgan fingerprint density at radius 1 is 1.03 bits per heavy atom. The molecule has 2 aromatic carbocycles. The molecule has 0 spiro atoms. The van der Waals surface area contributed by atoms with E-state index >= 15 is 0 Å². The quantitative estimate of drug-likeness (QED) is 0.602. The van der Waals surface area contributed by atoms with Crippen molar-refractivity contribution in [3.63, 3.8) is 0 Å². The minimum absolute atomic E-state index is 0.0760. The van der Waals surface area contributed by atoms with Crippen molar-refractivity contribution in [1.29, 1.82) is 0 Å². The first-order valence-electron chi connectivity index (χ1n) is 10.6. The van der Waals surface area contributed by atoms with Gasteiger partial charge >= 0.3 is 0 Å². The predicted octanol–water partition coefficient (Wildman–Crippen LogP) is 1.68. The van der Waals surface area contributed by atoms with Crippen molar-refractivity contribution in [3.05, 3.63) is 65.7 Å². The topological polar surface area (TPSA) is 78.9 Å². The summed E-state index contributed by atoms with van der Waals surface area (Å²) >= 11 is 0. The third kappa shape index (κ3) is 7.65. The smallest absolute Gasteiger partial charge is 0.257 e. The van der Waals surface area contributed by atoms with Gasteiger partial charge in [0.2, 0.25) is 10.0 Å². The highest BCUT2D eigenvalue weighted by Gasteiger charge is 2.26. The average Bonchev–Trinajstić information content (AvgIpc) is 2.77. The molecular formula is C23H31N3O4S. The summed E-state index contributed by atoms with van der Waals surface area (Å²) in [5.74, 6) is 0.183. The van der Waals surface area contributed by atoms with Crippen LogP contribution in [0.1, 0.15) is 11.1 Å². The normalized spacial score (nSPS) is 15.5. The zero-order valence-corrected chi connectivity index (χ0v) is 18.8. The molecule has 0 aromatic heterocycles. The number of aryl methyl sites for hydroxylation is 1. The van der Waals surface area contributed by atoms with E-state index in [2.05, 4.69) is 22.3 Å². The fraction of sp³-hybridized carbons (Fsp3) is 0.435. The van der Waals surface area contributed by atoms with Crippen molar-refractivity contribution in [3.8, 4) is 5.75 Å². The molecule has 2 aromatic rings. The van der Waals surface area contributed by atoms with Gasteiger partial charge in [-0.1, -0.05) is 42.5 Å². The van der Waals surface area contributed by atoms with Crippen LogP contribution in [-0.4, -0.2) is 75.2 Å². The Labute approximate surface area is 185 Å². The summed E-state index contributed by atoms with van der Waals surface area (Å²) in [6.45, 7) is 5.24. The molecule has 168 valence electrons. The molecule has 1 heterocycles. The van der Waals surface area contributed by atoms with E-state index in [4.69, 9.17) is 4.74 Å². The Bertz CT molecular complexity index is 942. The Balaban J connectivity index is 1.33. The van der Waals surface area contributed by atoms with Crippen molar-refractivity contribution in [2.45, 2.75) is 13.3 Å². The van der Waals surface area contributed by atoms with Gasteiger partial charge in [0, 0.05) is 39.3 Å². The van der Waals surface area contributed by atoms with Crippen LogP contribution in [0, 0.1) is 6.92 Å². The Hall–Kier alpha value is -2.42. The SMILES string of the molecule is Cc1cccc(OCC(=O)NCCS(=O)(=O)N2CCN(CCc3ccccc3)CC2)c1. The van der Waals surface area contributed by atoms with Crippen LogP contribution in [0.15, 0.2) is 54.6 Å². The van der Waals surface area contributed by atoms with Crippen LogP contribution in [0.5, 0.6) is 5.75 Å². The largest absolute Gasteiger partial charge is 0.484 e. The molecule has 1 aliphatic heterocycles. The van der Waals surface area contributed by atoms with Crippen molar-refractivity contribution < 1.29 is 17.9 Å². The van der Waals surface area contributed by atoms with Crippen LogP contribution in [0.2, 0.25) is 0 Å². The minimum atomic E-state index is -3.39. The van der Waals surface area contributed by atoms with Gasteiger partial charge in [0.25, 0.3) is 5.91 Å². The molecule has 0 atom stereocenters. The zero-order valence-electron chi connectivity index (χ0n) is 18.0. The third-order valence-corrected chi connectivity index (χ3v) is 7.20. The van der Waals surface area contributed by atoms with Crippen molar-refractivity contribution in [2.24, 2.45) is 0 Å². The van der Waals surface area contributed by atoms with Gasteiger partial charge in [-0.2, -0.15) is 4.31 Å². The molecule has 0 radical (unpaired) electrons. The molecule has 0 saturated carbocycles. The number of hydrogen-bond donors (Lipinski definition) is 1. The van der Waals surface area contributed by atoms with E-state index in [-0.39, 0.29) is 24.8 Å². The molecule has 7 nitrogen and oxygen atoms in total. The van der Waals surface area contributed by atoms with Gasteiger partial charge < -0.3 is 15.0 Å². The van der Waals surface area contributed by atoms with Crippen molar-refractivity contribution in [1.82, 2.24) is 14.5 Å². The number of amides is 1. The van der Waals surface area contributed by atoms with Crippen LogP contribution < -0.4 is 10.1 Å². The Morgan fingerprint density at radius 2 is 1.77 bits per heavy atom. The molecule has 1 saturated heterocycles. The number of carbonyl (C=O) groups is 1. The average molecular weight is 446 g/mol. The first-order valence-corrected chi connectivity index (χ1v) is 12.2. The first-order chi connectivity index (χ1) is 14.9. The number of sulfonamides is 1. The highest BCUT2D eigenvalue weighted by molar-refractivity contribution is 7.89. The lowest BCUT2D eigenvalue weighted by Gasteiger charge is -2.34. The molecule has 1 N–H and O–H groups in total. The molecule has 0 aliphatic carbocycles. The summed E-state index contributed by atoms with van der Waals surface area (Å²) in [5, 5.41) is 2.63. The second-order valence-corrected chi connectivity index (χ2v) is 9.84. The van der Waals surface area contributed by atoms with Gasteiger partial charge in [-0.3, -0.25) is 4.79 Å². The summed E-state index contributed by atoms with van der Waals surface area (Å²) in [7, 11) is -3.39. The van der Waals surface area contributed by atoms with E-state index < -0.39 is 10.0 Å². The van der Waals surface area contributed by atoms with Gasteiger partial charge in [-0.25, -0.2) is 8.42 Å². The molecular weight excluding hydrogens is 414 g/mol. The highest BCUT2D eigenvalue weighted by atomic mass is 32.2. The highest BCUT2D eigenvalue weighted by Crippen LogP contribution is 2.12. The second kappa shape index (κ2) is 11.3. The number of benzene rings is 2. The maximum absolute atomic E-state index is 12.6. The molecule has 1 amide bonds. The lowest BCUT2D eigenvalue weighted by Crippen LogP contribution is -2.50. The fourth-order valence-corrected chi connectivity index (χ4v) is 4.85. The molecule has 1 fully saturated rings. The summed E-state index contributed by atoms with van der Waals surface area (Å²) in [6.07, 6.45) is 0.963. The summed E-state index contributed by atoms with van der Waals surface area (Å²) in [6, 6.07) is 17.7. The van der Waals surface area contributed by atoms with Crippen LogP contribution in [0.3, 0.4) is 0 Å². The van der Waals surface area contributed by atoms with Gasteiger partial charge in [-0.15, -0.1) is 0 Å². The number of rotatable bonds is 10. The lowest BCUT2D eigenvalue weighted by atomic mass is 10.1. The fourth-order valence-electron chi connectivity index (χ4n) is 3.52. The van der Waals surface area contributed by atoms with Crippen LogP contribution in [0.4, 0.5) is 0 Å². The predicted molar refractivity (Wildman–Crippen MR) is 122 cm³/mol. The van der Waals surface area contributed by atoms with Crippen LogP contribution >= 0.6 is 0 Å². The number of ether oxygens (including phenoxy) is 1. The van der Waals surface area contributed by atoms with Crippen LogP contribution in [0.25, 0.3) is 0 Å². The maximum atomic E-state index is 12.6. The van der Waals surface area contributed by atoms with E-state index in [1.165, 1.54) is 9.87 Å². The van der Waals surface area contributed by atoms with Crippen molar-refractivity contribution >= 4 is 15.9 Å². The third-order valence-electron chi connectivity index (χ3n) is 5.33. The molecule has 1 aliphatic rings. The van der Waals surface area contributed by atoms with E-state index in [0.717, 1.165) is 31.6 Å². The van der Waals surface area contributed by atoms with Gasteiger partial charge in [0.05, 0.1) is 5.75 Å². The monoisotopic (exact) mass is 445 g/mol. The number of carbonyl (C=O) groups excluding carboxylic acids is 1. The molecule has 31 heavy (non-hydrogen) atoms. The summed E-state index contributed by atoms with van der Waals surface area (Å²) in [5.41, 5.74) is 2.34. The molecule has 0 unspecified atom stereocenters. The molecule has 8 heteroatoms. The van der Waals surface area contributed by atoms with Crippen molar-refractivity contribution in [2.75, 3.05) is 51.6 Å². The van der Waals surface area contributed by atoms with E-state index in [9.17, 15) is 13.2 Å². The Kier molecular flexibility index (Phi) is 8.45. The van der Waals surface area contributed by atoms with E-state index in [0.29, 0.717) is 18.8 Å². The molecule has 0 bridgehead atoms. The number of hydrogen-bond acceptors (Lipinski definition) is 5. The van der Waals surface area contributed by atoms with Gasteiger partial charge in [-0.05, 0) is 36.6 Å². The second-order valence-electron chi connectivity index (χ2n) is 7.75. The standard InChI is InChI=1S/C23H31N3O4S/c1-20-6-5-9-22(18-20)30-19-23(27)24-11-17-31(28,29)26-15-13-25(14-16-26)12-10-21-7-3-2-4-8-21/h2-9,18H,10-17,19H2,1H3,(H,24,27). The summed E-state index contributed by atoms with van der Waals surface area (Å²) < 4.78 is 32.2. The first kappa shape index (κ1) is 23.2. The zero-order chi connectivity index (χ0) is 22.1. The van der Waals surface area contributed by atoms with Gasteiger partial charge in [0.1, 0.15) is 5.75 Å². The minimum Gasteiger partial charge on any atom is -0.484 e. The number of nitrogens with one attached hydrogen (secondary N) is 1. The Morgan fingerprint density at radius 3 is 2.48 bits per heavy atom. The summed E-state index contributed by atoms with van der Waals surface area (Å²) in [4.78, 5) is 14.2. The van der Waals surface area contributed by atoms with E-state index in [1.807, 2.05) is 43.3 Å². The maximum Gasteiger partial charge on any atom is 0.257 e. The number of nitrogens with zero attached hydrogens (tertiary/aromatic N) is 2. The van der Waals surface area contributed by atoms with Gasteiger partial charge in [0.15, 0.2) is 6.61 Å².